The zero-order chi connectivity index (χ0) is 11.8. The Balaban J connectivity index is 2.12. The predicted octanol–water partition coefficient (Wildman–Crippen LogP) is 2.45. The molecule has 0 atom stereocenters. The number of rotatable bonds is 2. The zero-order valence-corrected chi connectivity index (χ0v) is 9.11. The van der Waals surface area contributed by atoms with E-state index in [-0.39, 0.29) is 11.4 Å². The fourth-order valence-corrected chi connectivity index (χ4v) is 1.88. The lowest BCUT2D eigenvalue weighted by Gasteiger charge is -2.02. The zero-order valence-electron chi connectivity index (χ0n) is 9.11. The Morgan fingerprint density at radius 1 is 1.29 bits per heavy atom. The molecule has 1 heterocycles. The Labute approximate surface area is 97.3 Å². The van der Waals surface area contributed by atoms with Crippen molar-refractivity contribution in [3.8, 4) is 11.1 Å². The monoisotopic (exact) mass is 230 g/mol. The van der Waals surface area contributed by atoms with Crippen LogP contribution < -0.4 is 5.56 Å². The fourth-order valence-electron chi connectivity index (χ4n) is 1.88. The second-order valence-corrected chi connectivity index (χ2v) is 4.32. The van der Waals surface area contributed by atoms with Gasteiger partial charge in [0, 0.05) is 5.92 Å². The second-order valence-electron chi connectivity index (χ2n) is 4.32. The molecule has 4 heteroatoms. The van der Waals surface area contributed by atoms with E-state index >= 15 is 0 Å². The van der Waals surface area contributed by atoms with Crippen molar-refractivity contribution in [2.24, 2.45) is 0 Å². The highest BCUT2D eigenvalue weighted by atomic mass is 19.1. The summed E-state index contributed by atoms with van der Waals surface area (Å²) >= 11 is 0. The van der Waals surface area contributed by atoms with Gasteiger partial charge in [-0.15, -0.1) is 0 Å². The van der Waals surface area contributed by atoms with Gasteiger partial charge in [0.15, 0.2) is 0 Å². The van der Waals surface area contributed by atoms with Gasteiger partial charge >= 0.3 is 0 Å². The summed E-state index contributed by atoms with van der Waals surface area (Å²) in [6, 6.07) is 7.82. The van der Waals surface area contributed by atoms with Gasteiger partial charge in [-0.3, -0.25) is 4.79 Å². The Hall–Kier alpha value is -1.97. The maximum absolute atomic E-state index is 13.1. The van der Waals surface area contributed by atoms with Crippen molar-refractivity contribution in [1.82, 2.24) is 10.2 Å². The molecule has 1 saturated carbocycles. The third-order valence-corrected chi connectivity index (χ3v) is 2.95. The predicted molar refractivity (Wildman–Crippen MR) is 62.2 cm³/mol. The summed E-state index contributed by atoms with van der Waals surface area (Å²) in [5, 5.41) is 6.50. The maximum atomic E-state index is 13.1. The van der Waals surface area contributed by atoms with Crippen LogP contribution in [0.15, 0.2) is 35.1 Å². The summed E-state index contributed by atoms with van der Waals surface area (Å²) in [4.78, 5) is 11.7. The lowest BCUT2D eigenvalue weighted by molar-refractivity contribution is 0.628. The first-order chi connectivity index (χ1) is 8.24. The van der Waals surface area contributed by atoms with Crippen molar-refractivity contribution in [2.75, 3.05) is 0 Å². The van der Waals surface area contributed by atoms with Gasteiger partial charge in [0.1, 0.15) is 5.82 Å². The molecule has 1 aliphatic rings. The van der Waals surface area contributed by atoms with Crippen molar-refractivity contribution < 1.29 is 4.39 Å². The number of nitrogens with zero attached hydrogens (tertiary/aromatic N) is 1. The van der Waals surface area contributed by atoms with Crippen LogP contribution in [0.4, 0.5) is 4.39 Å². The van der Waals surface area contributed by atoms with E-state index in [4.69, 9.17) is 0 Å². The number of nitrogens with one attached hydrogen (secondary N) is 1. The number of benzene rings is 1. The average Bonchev–Trinajstić information content (AvgIpc) is 3.14. The summed E-state index contributed by atoms with van der Waals surface area (Å²) in [5.41, 5.74) is 1.70. The molecule has 3 rings (SSSR count). The molecule has 86 valence electrons. The van der Waals surface area contributed by atoms with E-state index in [0.717, 1.165) is 18.5 Å². The smallest absolute Gasteiger partial charge is 0.267 e. The van der Waals surface area contributed by atoms with Gasteiger partial charge in [-0.2, -0.15) is 5.10 Å². The Kier molecular flexibility index (Phi) is 2.28. The van der Waals surface area contributed by atoms with Gasteiger partial charge in [0.05, 0.1) is 11.3 Å². The number of aromatic nitrogens is 2. The van der Waals surface area contributed by atoms with Gasteiger partial charge in [0.2, 0.25) is 0 Å². The topological polar surface area (TPSA) is 45.8 Å². The van der Waals surface area contributed by atoms with E-state index in [2.05, 4.69) is 10.2 Å². The molecule has 3 nitrogen and oxygen atoms in total. The molecule has 1 N–H and O–H groups in total. The largest absolute Gasteiger partial charge is 0.272 e. The van der Waals surface area contributed by atoms with Crippen LogP contribution in [0.3, 0.4) is 0 Å². The first-order valence-electron chi connectivity index (χ1n) is 5.59. The van der Waals surface area contributed by atoms with Gasteiger partial charge in [-0.25, -0.2) is 9.49 Å². The molecule has 1 fully saturated rings. The van der Waals surface area contributed by atoms with Crippen LogP contribution in [0.2, 0.25) is 0 Å². The quantitative estimate of drug-likeness (QED) is 0.861. The van der Waals surface area contributed by atoms with Crippen LogP contribution in [-0.4, -0.2) is 10.2 Å². The van der Waals surface area contributed by atoms with Crippen LogP contribution in [-0.2, 0) is 0 Å². The maximum Gasteiger partial charge on any atom is 0.272 e. The minimum Gasteiger partial charge on any atom is -0.267 e. The third kappa shape index (κ3) is 1.98. The molecule has 0 unspecified atom stereocenters. The van der Waals surface area contributed by atoms with Crippen LogP contribution in [0.25, 0.3) is 11.1 Å². The van der Waals surface area contributed by atoms with Crippen molar-refractivity contribution in [3.05, 3.63) is 52.2 Å². The Morgan fingerprint density at radius 2 is 2.12 bits per heavy atom. The Morgan fingerprint density at radius 3 is 2.82 bits per heavy atom. The van der Waals surface area contributed by atoms with Crippen LogP contribution in [0.5, 0.6) is 0 Å². The summed E-state index contributed by atoms with van der Waals surface area (Å²) < 4.78 is 13.1. The van der Waals surface area contributed by atoms with E-state index in [0.29, 0.717) is 17.0 Å². The van der Waals surface area contributed by atoms with Gasteiger partial charge in [-0.05, 0) is 36.6 Å². The second kappa shape index (κ2) is 3.80. The van der Waals surface area contributed by atoms with Crippen molar-refractivity contribution >= 4 is 0 Å². The molecule has 1 aromatic heterocycles. The van der Waals surface area contributed by atoms with E-state index in [1.165, 1.54) is 12.1 Å². The molecular weight excluding hydrogens is 219 g/mol. The van der Waals surface area contributed by atoms with Gasteiger partial charge < -0.3 is 0 Å². The molecule has 0 amide bonds. The van der Waals surface area contributed by atoms with Crippen molar-refractivity contribution in [2.45, 2.75) is 18.8 Å². The fraction of sp³-hybridized carbons (Fsp3) is 0.231. The molecule has 2 aromatic rings. The molecule has 0 radical (unpaired) electrons. The molecule has 1 aliphatic carbocycles. The molecule has 17 heavy (non-hydrogen) atoms. The highest BCUT2D eigenvalue weighted by molar-refractivity contribution is 5.62. The highest BCUT2D eigenvalue weighted by Crippen LogP contribution is 2.39. The number of hydrogen-bond acceptors (Lipinski definition) is 2. The Bertz CT molecular complexity index is 617. The first kappa shape index (κ1) is 10.2. The molecular formula is C13H11FN2O. The van der Waals surface area contributed by atoms with Gasteiger partial charge in [-0.1, -0.05) is 12.1 Å². The molecule has 1 aromatic carbocycles. The van der Waals surface area contributed by atoms with E-state index in [1.807, 2.05) is 0 Å². The summed E-state index contributed by atoms with van der Waals surface area (Å²) in [5.74, 6) is 0.117. The van der Waals surface area contributed by atoms with Gasteiger partial charge in [0.25, 0.3) is 5.56 Å². The average molecular weight is 230 g/mol. The number of aromatic amines is 1. The summed E-state index contributed by atoms with van der Waals surface area (Å²) in [7, 11) is 0. The first-order valence-corrected chi connectivity index (χ1v) is 5.59. The molecule has 0 bridgehead atoms. The normalized spacial score (nSPS) is 14.9. The molecule has 0 spiro atoms. The number of hydrogen-bond donors (Lipinski definition) is 1. The number of H-pyrrole nitrogens is 1. The van der Waals surface area contributed by atoms with Crippen molar-refractivity contribution in [1.29, 1.82) is 0 Å². The summed E-state index contributed by atoms with van der Waals surface area (Å²) in [6.07, 6.45) is 2.23. The standard InChI is InChI=1S/C13H11FN2O/c14-10-3-1-2-9(6-10)11-7-12(8-4-5-8)15-16-13(11)17/h1-3,6-8H,4-5H2,(H,16,17). The lowest BCUT2D eigenvalue weighted by Crippen LogP contribution is -2.12. The molecule has 0 aliphatic heterocycles. The summed E-state index contributed by atoms with van der Waals surface area (Å²) in [6.45, 7) is 0. The van der Waals surface area contributed by atoms with E-state index in [9.17, 15) is 9.18 Å². The minimum absolute atomic E-state index is 0.278. The lowest BCUT2D eigenvalue weighted by atomic mass is 10.1. The SMILES string of the molecule is O=c1[nH]nc(C2CC2)cc1-c1cccc(F)c1. The van der Waals surface area contributed by atoms with Crippen LogP contribution in [0, 0.1) is 5.82 Å². The van der Waals surface area contributed by atoms with Crippen LogP contribution in [0.1, 0.15) is 24.5 Å². The van der Waals surface area contributed by atoms with E-state index in [1.54, 1.807) is 18.2 Å². The molecule has 0 saturated heterocycles. The van der Waals surface area contributed by atoms with E-state index < -0.39 is 0 Å². The minimum atomic E-state index is -0.341. The number of halogens is 1. The highest BCUT2D eigenvalue weighted by Gasteiger charge is 2.26. The third-order valence-electron chi connectivity index (χ3n) is 2.95. The van der Waals surface area contributed by atoms with Crippen LogP contribution >= 0.6 is 0 Å². The van der Waals surface area contributed by atoms with Crippen molar-refractivity contribution in [3.63, 3.8) is 0 Å².